The summed E-state index contributed by atoms with van der Waals surface area (Å²) in [6, 6.07) is 9.20. The molecule has 24 heavy (non-hydrogen) atoms. The summed E-state index contributed by atoms with van der Waals surface area (Å²) in [5.41, 5.74) is 0.665. The van der Waals surface area contributed by atoms with Gasteiger partial charge in [0.25, 0.3) is 5.91 Å². The van der Waals surface area contributed by atoms with Gasteiger partial charge in [-0.2, -0.15) is 0 Å². The fraction of sp³-hybridized carbons (Fsp3) is 0.556. The van der Waals surface area contributed by atoms with Crippen molar-refractivity contribution in [2.75, 3.05) is 32.7 Å². The number of carbonyl (C=O) groups excluding carboxylic acids is 2. The smallest absolute Gasteiger partial charge is 0.253 e. The predicted octanol–water partition coefficient (Wildman–Crippen LogP) is 0.235. The van der Waals surface area contributed by atoms with Gasteiger partial charge in [0.05, 0.1) is 12.0 Å². The maximum absolute atomic E-state index is 12.5. The summed E-state index contributed by atoms with van der Waals surface area (Å²) in [5, 5.41) is 15.8. The van der Waals surface area contributed by atoms with Crippen LogP contribution < -0.4 is 10.6 Å². The Kier molecular flexibility index (Phi) is 5.48. The van der Waals surface area contributed by atoms with Crippen molar-refractivity contribution in [3.8, 4) is 0 Å². The molecular weight excluding hydrogens is 306 g/mol. The number of amides is 2. The van der Waals surface area contributed by atoms with E-state index in [2.05, 4.69) is 10.6 Å². The molecule has 0 radical (unpaired) electrons. The molecule has 6 nitrogen and oxygen atoms in total. The molecule has 3 atom stereocenters. The molecule has 0 aromatic heterocycles. The van der Waals surface area contributed by atoms with Crippen molar-refractivity contribution < 1.29 is 14.7 Å². The first-order valence-electron chi connectivity index (χ1n) is 8.66. The Hall–Kier alpha value is -1.92. The van der Waals surface area contributed by atoms with Gasteiger partial charge in [-0.1, -0.05) is 18.2 Å². The second-order valence-corrected chi connectivity index (χ2v) is 6.69. The lowest BCUT2D eigenvalue weighted by Gasteiger charge is -2.32. The van der Waals surface area contributed by atoms with Crippen LogP contribution in [-0.2, 0) is 4.79 Å². The third-order valence-corrected chi connectivity index (χ3v) is 4.94. The lowest BCUT2D eigenvalue weighted by atomic mass is 9.96. The first kappa shape index (κ1) is 16.9. The van der Waals surface area contributed by atoms with Gasteiger partial charge in [0.1, 0.15) is 0 Å². The van der Waals surface area contributed by atoms with Gasteiger partial charge in [-0.25, -0.2) is 0 Å². The number of benzene rings is 1. The molecule has 1 aromatic carbocycles. The van der Waals surface area contributed by atoms with Crippen LogP contribution in [0.2, 0.25) is 0 Å². The van der Waals surface area contributed by atoms with E-state index in [0.29, 0.717) is 31.7 Å². The largest absolute Gasteiger partial charge is 0.391 e. The fourth-order valence-corrected chi connectivity index (χ4v) is 3.44. The Labute approximate surface area is 142 Å². The monoisotopic (exact) mass is 331 g/mol. The molecular formula is C18H25N3O3. The summed E-state index contributed by atoms with van der Waals surface area (Å²) in [6.45, 7) is 2.96. The summed E-state index contributed by atoms with van der Waals surface area (Å²) in [5.74, 6) is -0.124. The summed E-state index contributed by atoms with van der Waals surface area (Å²) in [6.07, 6.45) is 1.24. The molecule has 2 fully saturated rings. The van der Waals surface area contributed by atoms with Crippen LogP contribution in [-0.4, -0.2) is 60.6 Å². The molecule has 2 aliphatic rings. The van der Waals surface area contributed by atoms with Crippen LogP contribution in [0, 0.1) is 11.8 Å². The van der Waals surface area contributed by atoms with E-state index in [1.54, 1.807) is 17.0 Å². The van der Waals surface area contributed by atoms with E-state index in [9.17, 15) is 14.7 Å². The summed E-state index contributed by atoms with van der Waals surface area (Å²) >= 11 is 0. The molecule has 2 saturated heterocycles. The number of carbonyl (C=O) groups is 2. The van der Waals surface area contributed by atoms with Crippen LogP contribution in [0.1, 0.15) is 23.2 Å². The predicted molar refractivity (Wildman–Crippen MR) is 90.4 cm³/mol. The second kappa shape index (κ2) is 7.77. The van der Waals surface area contributed by atoms with Crippen molar-refractivity contribution in [3.05, 3.63) is 35.9 Å². The minimum atomic E-state index is -0.396. The molecule has 3 rings (SSSR count). The maximum Gasteiger partial charge on any atom is 0.253 e. The minimum absolute atomic E-state index is 0.0106. The van der Waals surface area contributed by atoms with Gasteiger partial charge in [-0.05, 0) is 25.0 Å². The molecule has 130 valence electrons. The van der Waals surface area contributed by atoms with Gasteiger partial charge in [0, 0.05) is 44.2 Å². The Balaban J connectivity index is 1.53. The topological polar surface area (TPSA) is 81.7 Å². The molecule has 0 aliphatic carbocycles. The van der Waals surface area contributed by atoms with Crippen LogP contribution in [0.4, 0.5) is 0 Å². The van der Waals surface area contributed by atoms with Crippen LogP contribution in [0.15, 0.2) is 30.3 Å². The average Bonchev–Trinajstić information content (AvgIpc) is 3.05. The van der Waals surface area contributed by atoms with Crippen molar-refractivity contribution in [2.24, 2.45) is 11.8 Å². The molecule has 6 heteroatoms. The minimum Gasteiger partial charge on any atom is -0.391 e. The third-order valence-electron chi connectivity index (χ3n) is 4.94. The molecule has 0 saturated carbocycles. The number of aliphatic hydroxyl groups is 1. The zero-order valence-electron chi connectivity index (χ0n) is 13.8. The SMILES string of the molecule is O=C(NCC1CNCC1O)C1CCCN(C(=O)c2ccccc2)C1. The van der Waals surface area contributed by atoms with Gasteiger partial charge in [0.2, 0.25) is 5.91 Å². The maximum atomic E-state index is 12.5. The van der Waals surface area contributed by atoms with Gasteiger partial charge in [-0.15, -0.1) is 0 Å². The second-order valence-electron chi connectivity index (χ2n) is 6.69. The lowest BCUT2D eigenvalue weighted by molar-refractivity contribution is -0.126. The number of β-amino-alcohol motifs (C(OH)–C–C–N with tert-alkyl or cyclic N) is 1. The number of rotatable bonds is 4. The van der Waals surface area contributed by atoms with E-state index in [-0.39, 0.29) is 23.7 Å². The van der Waals surface area contributed by atoms with Gasteiger partial charge in [0.15, 0.2) is 0 Å². The average molecular weight is 331 g/mol. The molecule has 2 heterocycles. The number of piperidine rings is 1. The van der Waals surface area contributed by atoms with Gasteiger partial charge >= 0.3 is 0 Å². The van der Waals surface area contributed by atoms with E-state index in [4.69, 9.17) is 0 Å². The number of nitrogens with zero attached hydrogens (tertiary/aromatic N) is 1. The molecule has 1 aromatic rings. The number of hydrogen-bond donors (Lipinski definition) is 3. The summed E-state index contributed by atoms with van der Waals surface area (Å²) < 4.78 is 0. The zero-order valence-corrected chi connectivity index (χ0v) is 13.8. The highest BCUT2D eigenvalue weighted by molar-refractivity contribution is 5.94. The van der Waals surface area contributed by atoms with Crippen molar-refractivity contribution in [3.63, 3.8) is 0 Å². The zero-order chi connectivity index (χ0) is 16.9. The number of likely N-dealkylation sites (tertiary alicyclic amines) is 1. The highest BCUT2D eigenvalue weighted by atomic mass is 16.3. The van der Waals surface area contributed by atoms with E-state index < -0.39 is 6.10 Å². The number of aliphatic hydroxyl groups excluding tert-OH is 1. The van der Waals surface area contributed by atoms with E-state index in [1.165, 1.54) is 0 Å². The van der Waals surface area contributed by atoms with Crippen molar-refractivity contribution >= 4 is 11.8 Å². The van der Waals surface area contributed by atoms with Crippen molar-refractivity contribution in [1.29, 1.82) is 0 Å². The Morgan fingerprint density at radius 1 is 1.25 bits per heavy atom. The first-order valence-corrected chi connectivity index (χ1v) is 8.66. The Morgan fingerprint density at radius 2 is 2.04 bits per heavy atom. The molecule has 2 amide bonds. The highest BCUT2D eigenvalue weighted by Crippen LogP contribution is 2.19. The van der Waals surface area contributed by atoms with E-state index in [1.807, 2.05) is 18.2 Å². The lowest BCUT2D eigenvalue weighted by Crippen LogP contribution is -2.46. The fourth-order valence-electron chi connectivity index (χ4n) is 3.44. The van der Waals surface area contributed by atoms with E-state index in [0.717, 1.165) is 19.4 Å². The standard InChI is InChI=1S/C18H25N3O3/c22-16-11-19-9-15(16)10-20-17(23)14-7-4-8-21(12-14)18(24)13-5-2-1-3-6-13/h1-3,5-6,14-16,19,22H,4,7-12H2,(H,20,23). The summed E-state index contributed by atoms with van der Waals surface area (Å²) in [4.78, 5) is 26.7. The normalized spacial score (nSPS) is 27.0. The van der Waals surface area contributed by atoms with Crippen LogP contribution in [0.25, 0.3) is 0 Å². The van der Waals surface area contributed by atoms with Crippen molar-refractivity contribution in [2.45, 2.75) is 18.9 Å². The summed E-state index contributed by atoms with van der Waals surface area (Å²) in [7, 11) is 0. The molecule has 3 N–H and O–H groups in total. The highest BCUT2D eigenvalue weighted by Gasteiger charge is 2.30. The molecule has 0 bridgehead atoms. The quantitative estimate of drug-likeness (QED) is 0.738. The molecule has 3 unspecified atom stereocenters. The van der Waals surface area contributed by atoms with Crippen molar-refractivity contribution in [1.82, 2.24) is 15.5 Å². The van der Waals surface area contributed by atoms with Gasteiger partial charge < -0.3 is 20.6 Å². The van der Waals surface area contributed by atoms with Crippen LogP contribution in [0.5, 0.6) is 0 Å². The van der Waals surface area contributed by atoms with Crippen LogP contribution >= 0.6 is 0 Å². The first-order chi connectivity index (χ1) is 11.6. The number of nitrogens with one attached hydrogen (secondary N) is 2. The molecule has 2 aliphatic heterocycles. The van der Waals surface area contributed by atoms with E-state index >= 15 is 0 Å². The third kappa shape index (κ3) is 3.94. The Bertz CT molecular complexity index is 578. The van der Waals surface area contributed by atoms with Gasteiger partial charge in [-0.3, -0.25) is 9.59 Å². The Morgan fingerprint density at radius 3 is 2.75 bits per heavy atom. The van der Waals surface area contributed by atoms with Crippen LogP contribution in [0.3, 0.4) is 0 Å². The number of hydrogen-bond acceptors (Lipinski definition) is 4. The molecule has 0 spiro atoms.